The molecule has 0 saturated carbocycles. The van der Waals surface area contributed by atoms with Crippen molar-refractivity contribution in [1.82, 2.24) is 9.66 Å². The lowest BCUT2D eigenvalue weighted by Crippen LogP contribution is -2.14. The first-order valence-electron chi connectivity index (χ1n) is 9.34. The van der Waals surface area contributed by atoms with Gasteiger partial charge in [0.25, 0.3) is 0 Å². The Morgan fingerprint density at radius 2 is 1.93 bits per heavy atom. The number of aromatic nitrogens is 2. The van der Waals surface area contributed by atoms with Crippen molar-refractivity contribution in [3.63, 3.8) is 0 Å². The van der Waals surface area contributed by atoms with Crippen LogP contribution < -0.4 is 5.43 Å². The Hall–Kier alpha value is -3.31. The molecule has 0 saturated heterocycles. The molecule has 1 N–H and O–H groups in total. The van der Waals surface area contributed by atoms with Crippen molar-refractivity contribution in [1.29, 1.82) is 0 Å². The van der Waals surface area contributed by atoms with E-state index in [2.05, 4.69) is 10.4 Å². The molecule has 4 aromatic rings. The summed E-state index contributed by atoms with van der Waals surface area (Å²) < 4.78 is 7.15. The summed E-state index contributed by atoms with van der Waals surface area (Å²) in [6.07, 6.45) is 1.73. The Balaban J connectivity index is 1.86. The zero-order valence-electron chi connectivity index (χ0n) is 16.1. The summed E-state index contributed by atoms with van der Waals surface area (Å²) in [5, 5.41) is 1.57. The summed E-state index contributed by atoms with van der Waals surface area (Å²) in [6.45, 7) is 4.02. The predicted octanol–water partition coefficient (Wildman–Crippen LogP) is 5.72. The molecule has 2 aromatic carbocycles. The number of benzene rings is 2. The lowest BCUT2D eigenvalue weighted by Gasteiger charge is -2.16. The minimum atomic E-state index is -0.339. The van der Waals surface area contributed by atoms with E-state index in [1.807, 2.05) is 72.3 Å². The molecule has 0 bridgehead atoms. The quantitative estimate of drug-likeness (QED) is 0.431. The molecule has 29 heavy (non-hydrogen) atoms. The molecule has 6 heteroatoms. The molecule has 4 rings (SSSR count). The molecule has 2 aromatic heterocycles. The van der Waals surface area contributed by atoms with E-state index in [1.54, 1.807) is 13.1 Å². The van der Waals surface area contributed by atoms with Crippen LogP contribution in [-0.4, -0.2) is 22.2 Å². The van der Waals surface area contributed by atoms with Crippen LogP contribution in [0.5, 0.6) is 0 Å². The van der Waals surface area contributed by atoms with Crippen LogP contribution >= 0.6 is 11.6 Å². The van der Waals surface area contributed by atoms with E-state index in [1.165, 1.54) is 0 Å². The molecule has 0 aliphatic rings. The molecule has 0 aliphatic carbocycles. The first-order valence-corrected chi connectivity index (χ1v) is 9.72. The number of rotatable bonds is 5. The van der Waals surface area contributed by atoms with Crippen LogP contribution in [0.4, 0.5) is 5.69 Å². The molecule has 0 fully saturated rings. The average molecular weight is 406 g/mol. The maximum absolute atomic E-state index is 12.5. The predicted molar refractivity (Wildman–Crippen MR) is 116 cm³/mol. The molecule has 0 atom stereocenters. The third-order valence-corrected chi connectivity index (χ3v) is 4.98. The van der Waals surface area contributed by atoms with Gasteiger partial charge in [-0.25, -0.2) is 4.79 Å². The number of esters is 1. The van der Waals surface area contributed by atoms with E-state index in [0.29, 0.717) is 17.2 Å². The molecular formula is C23H20ClN3O2. The number of fused-ring (bicyclic) bond motifs is 1. The summed E-state index contributed by atoms with van der Waals surface area (Å²) in [7, 11) is 0. The monoisotopic (exact) mass is 405 g/mol. The second-order valence-corrected chi connectivity index (χ2v) is 7.02. The van der Waals surface area contributed by atoms with Crippen LogP contribution in [-0.2, 0) is 4.74 Å². The first-order chi connectivity index (χ1) is 14.1. The van der Waals surface area contributed by atoms with Crippen molar-refractivity contribution in [2.75, 3.05) is 12.0 Å². The number of halogens is 1. The highest BCUT2D eigenvalue weighted by Gasteiger charge is 2.20. The molecule has 146 valence electrons. The standard InChI is InChI=1S/C23H20ClN3O2/c1-3-29-23(28)19-14-22(16-7-5-4-6-8-16)27(15(19)2)26-20-11-12-25-21-13-17(24)9-10-18(20)21/h4-14H,3H2,1-2H3,(H,25,26). The van der Waals surface area contributed by atoms with Crippen molar-refractivity contribution in [2.24, 2.45) is 0 Å². The summed E-state index contributed by atoms with van der Waals surface area (Å²) in [6, 6.07) is 19.3. The fourth-order valence-electron chi connectivity index (χ4n) is 3.33. The number of hydrogen-bond donors (Lipinski definition) is 1. The van der Waals surface area contributed by atoms with Gasteiger partial charge in [0.05, 0.1) is 34.8 Å². The normalized spacial score (nSPS) is 10.9. The zero-order valence-corrected chi connectivity index (χ0v) is 16.9. The summed E-state index contributed by atoms with van der Waals surface area (Å²) >= 11 is 6.11. The molecule has 0 aliphatic heterocycles. The molecule has 0 radical (unpaired) electrons. The van der Waals surface area contributed by atoms with Crippen LogP contribution in [0, 0.1) is 6.92 Å². The number of carbonyl (C=O) groups is 1. The molecule has 5 nitrogen and oxygen atoms in total. The zero-order chi connectivity index (χ0) is 20.4. The highest BCUT2D eigenvalue weighted by Crippen LogP contribution is 2.29. The number of anilines is 1. The van der Waals surface area contributed by atoms with Gasteiger partial charge in [0.15, 0.2) is 0 Å². The van der Waals surface area contributed by atoms with Crippen molar-refractivity contribution >= 4 is 34.2 Å². The lowest BCUT2D eigenvalue weighted by atomic mass is 10.1. The summed E-state index contributed by atoms with van der Waals surface area (Å²) in [5.74, 6) is -0.339. The Bertz CT molecular complexity index is 1190. The number of nitrogens with one attached hydrogen (secondary N) is 1. The first kappa shape index (κ1) is 19.0. The number of pyridine rings is 1. The van der Waals surface area contributed by atoms with Crippen LogP contribution in [0.2, 0.25) is 5.02 Å². The molecule has 0 amide bonds. The van der Waals surface area contributed by atoms with Crippen LogP contribution in [0.3, 0.4) is 0 Å². The van der Waals surface area contributed by atoms with Gasteiger partial charge >= 0.3 is 5.97 Å². The van der Waals surface area contributed by atoms with Gasteiger partial charge in [-0.05, 0) is 44.2 Å². The van der Waals surface area contributed by atoms with Crippen molar-refractivity contribution in [3.05, 3.63) is 83.1 Å². The number of hydrogen-bond acceptors (Lipinski definition) is 4. The Morgan fingerprint density at radius 1 is 1.14 bits per heavy atom. The maximum Gasteiger partial charge on any atom is 0.340 e. The van der Waals surface area contributed by atoms with Gasteiger partial charge in [0, 0.05) is 22.2 Å². The van der Waals surface area contributed by atoms with Gasteiger partial charge in [0.2, 0.25) is 0 Å². The van der Waals surface area contributed by atoms with Gasteiger partial charge < -0.3 is 4.74 Å². The Morgan fingerprint density at radius 3 is 2.69 bits per heavy atom. The minimum absolute atomic E-state index is 0.327. The van der Waals surface area contributed by atoms with E-state index in [4.69, 9.17) is 16.3 Å². The molecule has 0 unspecified atom stereocenters. The number of carbonyl (C=O) groups excluding carboxylic acids is 1. The smallest absolute Gasteiger partial charge is 0.340 e. The van der Waals surface area contributed by atoms with E-state index >= 15 is 0 Å². The van der Waals surface area contributed by atoms with E-state index in [9.17, 15) is 4.79 Å². The highest BCUT2D eigenvalue weighted by molar-refractivity contribution is 6.31. The number of ether oxygens (including phenoxy) is 1. The summed E-state index contributed by atoms with van der Waals surface area (Å²) in [4.78, 5) is 16.9. The van der Waals surface area contributed by atoms with Gasteiger partial charge in [-0.3, -0.25) is 15.1 Å². The van der Waals surface area contributed by atoms with Gasteiger partial charge in [-0.1, -0.05) is 41.9 Å². The Kier molecular flexibility index (Phi) is 5.23. The molecule has 2 heterocycles. The third-order valence-electron chi connectivity index (χ3n) is 4.75. The molecule has 0 spiro atoms. The second kappa shape index (κ2) is 7.97. The average Bonchev–Trinajstić information content (AvgIpc) is 3.05. The third kappa shape index (κ3) is 3.69. The van der Waals surface area contributed by atoms with Crippen molar-refractivity contribution < 1.29 is 9.53 Å². The van der Waals surface area contributed by atoms with Crippen LogP contribution in [0.15, 0.2) is 66.9 Å². The fourth-order valence-corrected chi connectivity index (χ4v) is 3.49. The fraction of sp³-hybridized carbons (Fsp3) is 0.130. The highest BCUT2D eigenvalue weighted by atomic mass is 35.5. The maximum atomic E-state index is 12.5. The van der Waals surface area contributed by atoms with E-state index < -0.39 is 0 Å². The van der Waals surface area contributed by atoms with Crippen molar-refractivity contribution in [3.8, 4) is 11.3 Å². The molecular weight excluding hydrogens is 386 g/mol. The SMILES string of the molecule is CCOC(=O)c1cc(-c2ccccc2)n(Nc2ccnc3cc(Cl)ccc23)c1C. The van der Waals surface area contributed by atoms with Crippen LogP contribution in [0.25, 0.3) is 22.2 Å². The lowest BCUT2D eigenvalue weighted by molar-refractivity contribution is 0.0525. The second-order valence-electron chi connectivity index (χ2n) is 6.58. The van der Waals surface area contributed by atoms with Gasteiger partial charge in [0.1, 0.15) is 0 Å². The van der Waals surface area contributed by atoms with Crippen molar-refractivity contribution in [2.45, 2.75) is 13.8 Å². The Labute approximate surface area is 173 Å². The van der Waals surface area contributed by atoms with E-state index in [-0.39, 0.29) is 5.97 Å². The topological polar surface area (TPSA) is 56.1 Å². The van der Waals surface area contributed by atoms with Crippen LogP contribution in [0.1, 0.15) is 23.0 Å². The van der Waals surface area contributed by atoms with Gasteiger partial charge in [-0.15, -0.1) is 0 Å². The minimum Gasteiger partial charge on any atom is -0.462 e. The number of nitrogens with zero attached hydrogens (tertiary/aromatic N) is 2. The van der Waals surface area contributed by atoms with E-state index in [0.717, 1.165) is 33.5 Å². The summed E-state index contributed by atoms with van der Waals surface area (Å²) in [5.41, 5.74) is 8.24. The largest absolute Gasteiger partial charge is 0.462 e. The van der Waals surface area contributed by atoms with Gasteiger partial charge in [-0.2, -0.15) is 0 Å².